The average molecular weight is 1700 g/mol. The molecule has 0 N–H and O–H groups in total. The van der Waals surface area contributed by atoms with Gasteiger partial charge in [-0.05, 0) is 199 Å². The van der Waals surface area contributed by atoms with Gasteiger partial charge in [0, 0.05) is 92.0 Å². The van der Waals surface area contributed by atoms with Gasteiger partial charge in [-0.25, -0.2) is 0 Å². The molecule has 0 spiro atoms. The molecule has 0 amide bonds. The first-order valence-electron chi connectivity index (χ1n) is 34.8. The summed E-state index contributed by atoms with van der Waals surface area (Å²) >= 11 is 33.0. The highest BCUT2D eigenvalue weighted by Gasteiger charge is 2.50. The van der Waals surface area contributed by atoms with E-state index in [0.29, 0.717) is 13.0 Å². The van der Waals surface area contributed by atoms with E-state index in [2.05, 4.69) is 368 Å². The third-order valence-corrected chi connectivity index (χ3v) is 52.8. The van der Waals surface area contributed by atoms with Crippen LogP contribution in [0.15, 0.2) is 109 Å². The topological polar surface area (TPSA) is 35.5 Å². The molecule has 2 atom stereocenters. The maximum absolute atomic E-state index is 12.2. The Hall–Kier alpha value is 2.00. The lowest BCUT2D eigenvalue weighted by Gasteiger charge is -2.29. The fourth-order valence-electron chi connectivity index (χ4n) is 13.7. The van der Waals surface area contributed by atoms with E-state index in [9.17, 15) is 4.79 Å². The first-order valence-corrected chi connectivity index (χ1v) is 61.6. The van der Waals surface area contributed by atoms with Crippen LogP contribution >= 0.6 is 188 Å². The fraction of sp³-hybridized carbons (Fsp3) is 0.592. The summed E-state index contributed by atoms with van der Waals surface area (Å²) in [7, 11) is -4.11. The minimum Gasteiger partial charge on any atom is -0.466 e. The van der Waals surface area contributed by atoms with Gasteiger partial charge in [-0.1, -0.05) is 102 Å². The molecule has 5 aromatic rings. The Labute approximate surface area is 671 Å². The van der Waals surface area contributed by atoms with Gasteiger partial charge in [0.05, 0.1) is 78.0 Å². The smallest absolute Gasteiger partial charge is 0.308 e. The normalized spacial score (nSPS) is 22.5. The van der Waals surface area contributed by atoms with Crippen molar-refractivity contribution in [2.75, 3.05) is 20.3 Å². The van der Waals surface area contributed by atoms with Crippen LogP contribution in [0, 0.1) is 27.7 Å². The van der Waals surface area contributed by atoms with Crippen molar-refractivity contribution in [1.82, 2.24) is 0 Å². The van der Waals surface area contributed by atoms with Crippen molar-refractivity contribution in [3.63, 3.8) is 0 Å². The maximum Gasteiger partial charge on any atom is 0.308 e. The number of carbonyl (C=O) groups is 1. The van der Waals surface area contributed by atoms with Crippen LogP contribution in [0.4, 0.5) is 0 Å². The van der Waals surface area contributed by atoms with Gasteiger partial charge in [-0.2, -0.15) is 0 Å². The summed E-state index contributed by atoms with van der Waals surface area (Å²) in [5.74, 6) is -0.0903. The summed E-state index contributed by atoms with van der Waals surface area (Å²) in [5.41, 5.74) is 7.47. The summed E-state index contributed by atoms with van der Waals surface area (Å²) < 4.78 is 12.1. The highest BCUT2D eigenvalue weighted by Crippen LogP contribution is 2.69. The molecule has 0 fully saturated rings. The predicted molar refractivity (Wildman–Crippen MR) is 478 cm³/mol. The minimum atomic E-state index is -1.59. The number of ether oxygens (including phenoxy) is 2. The van der Waals surface area contributed by atoms with Crippen LogP contribution in [0.2, 0.25) is 78.1 Å². The average Bonchev–Trinajstić information content (AvgIpc) is 1.60. The molecule has 8 heterocycles. The molecule has 3 nitrogen and oxygen atoms in total. The van der Waals surface area contributed by atoms with Gasteiger partial charge in [-0.3, -0.25) is 4.79 Å². The van der Waals surface area contributed by atoms with Gasteiger partial charge in [0.1, 0.15) is 0 Å². The number of fused-ring (bicyclic) bond motifs is 8. The zero-order valence-electron chi connectivity index (χ0n) is 64.9. The fourth-order valence-corrected chi connectivity index (χ4v) is 53.7. The number of rotatable bonds is 13. The van der Waals surface area contributed by atoms with Gasteiger partial charge in [-0.15, -0.1) is 188 Å². The van der Waals surface area contributed by atoms with Crippen LogP contribution in [0.25, 0.3) is 0 Å². The molecular formula is C76H110O3S16Si4. The lowest BCUT2D eigenvalue weighted by Crippen LogP contribution is -2.44. The molecular weight excluding hydrogens is 1590 g/mol. The number of methoxy groups -OCH3 is 1. The molecule has 0 saturated carbocycles. The number of thioether (sulfide) groups is 16. The van der Waals surface area contributed by atoms with E-state index >= 15 is 0 Å². The van der Waals surface area contributed by atoms with E-state index in [1.54, 1.807) is 79.5 Å². The van der Waals surface area contributed by atoms with Crippen LogP contribution in [0.3, 0.4) is 0 Å². The number of hydrogen-bond donors (Lipinski definition) is 0. The Morgan fingerprint density at radius 1 is 0.364 bits per heavy atom. The second-order valence-corrected chi connectivity index (χ2v) is 81.4. The van der Waals surface area contributed by atoms with E-state index in [-0.39, 0.29) is 38.6 Å². The van der Waals surface area contributed by atoms with Crippen molar-refractivity contribution >= 4 is 247 Å². The van der Waals surface area contributed by atoms with Crippen molar-refractivity contribution in [1.29, 1.82) is 0 Å². The molecule has 99 heavy (non-hydrogen) atoms. The molecule has 8 aliphatic heterocycles. The van der Waals surface area contributed by atoms with Gasteiger partial charge in [0.15, 0.2) is 0 Å². The van der Waals surface area contributed by atoms with Crippen LogP contribution in [0.5, 0.6) is 0 Å². The van der Waals surface area contributed by atoms with E-state index in [4.69, 9.17) is 9.47 Å². The first-order chi connectivity index (χ1) is 45.2. The molecule has 5 aromatic carbocycles. The van der Waals surface area contributed by atoms with Crippen molar-refractivity contribution in [3.05, 3.63) is 58.1 Å². The monoisotopic (exact) mass is 1690 g/mol. The molecule has 0 aromatic heterocycles. The van der Waals surface area contributed by atoms with Crippen LogP contribution in [-0.2, 0) is 20.7 Å². The Bertz CT molecular complexity index is 3920. The molecule has 544 valence electrons. The minimum absolute atomic E-state index is 0.0903. The molecule has 23 heteroatoms. The highest BCUT2D eigenvalue weighted by molar-refractivity contribution is 8.24. The Morgan fingerprint density at radius 3 is 0.909 bits per heavy atom. The molecule has 8 aliphatic rings. The third-order valence-electron chi connectivity index (χ3n) is 18.0. The zero-order chi connectivity index (χ0) is 73.5. The Kier molecular flexibility index (Phi) is 25.2. The van der Waals surface area contributed by atoms with Crippen molar-refractivity contribution in [3.8, 4) is 0 Å². The van der Waals surface area contributed by atoms with Crippen molar-refractivity contribution in [2.24, 2.45) is 0 Å². The highest BCUT2D eigenvalue weighted by atomic mass is 32.2. The number of esters is 1. The van der Waals surface area contributed by atoms with Crippen molar-refractivity contribution < 1.29 is 14.3 Å². The lowest BCUT2D eigenvalue weighted by molar-refractivity contribution is -0.143. The molecule has 0 saturated heterocycles. The largest absolute Gasteiger partial charge is 0.466 e. The summed E-state index contributed by atoms with van der Waals surface area (Å²) in [6.07, 6.45) is 2.74. The lowest BCUT2D eigenvalue weighted by atomic mass is 10.2. The second-order valence-electron chi connectivity index (χ2n) is 33.9. The number of aryl methyl sites for hydroxylation is 1. The van der Waals surface area contributed by atoms with Crippen molar-refractivity contribution in [2.45, 2.75) is 340 Å². The maximum atomic E-state index is 12.2. The number of hydrogen-bond acceptors (Lipinski definition) is 19. The summed E-state index contributed by atoms with van der Waals surface area (Å²) in [6, 6.07) is 12.4. The standard InChI is InChI=1S/C23H30S4Si.C19H28O2S4Si.C18H28OS4Si.C16H24S4Si/c1-15-17-19(26-22(2,3)24-17)21(20-18(15)25-23(4,5)27-20)28(6,7)14-13-16-11-9-8-10-12-16;1-9-21-12(20)10-19(5)24-14-11(2)13-15(23-18(3,4)22-13)17(16(14)25-19)26(6,7)8;1-11-12-14(21-17(2,3)20-12)16(24(6,7)8)15-13(11)22-18(4,23-15)9-10-19-5;1-9-10-12(19-15(2,3)17-10)14(21(6,7)8)13-11(9)18-16(4,5)20-13/h8-12H,13-14H2,1-7H3;9-10H2,1-8H3;9-10H2,1-8H3;1-8H3. The van der Waals surface area contributed by atoms with E-state index in [1.165, 1.54) is 59.9 Å². The van der Waals surface area contributed by atoms with Gasteiger partial charge >= 0.3 is 5.97 Å². The van der Waals surface area contributed by atoms with Crippen LogP contribution < -0.4 is 20.7 Å². The third kappa shape index (κ3) is 18.3. The Balaban J connectivity index is 0.000000144. The SMILES string of the molecule is CCOC(=O)CC1(C)Sc2c(C)c3c(c([Si](C)(C)C)c2S1)SC(C)(C)S3.COCCC1(C)Sc2c(C)c3c(c([Si](C)(C)C)c2S1)SC(C)(C)S3.Cc1c2c(c([Si](C)(C)C)c3c1SC(C)(C)S3)SC(C)(C)S2.Cc1c2c(c([Si](C)(C)CCc3ccccc3)c3c1SC(C)(C)S3)SC(C)(C)S2. The predicted octanol–water partition coefficient (Wildman–Crippen LogP) is 27.2. The first kappa shape index (κ1) is 83.5. The van der Waals surface area contributed by atoms with E-state index in [1.807, 2.05) is 61.1 Å². The molecule has 0 aliphatic carbocycles. The quantitative estimate of drug-likeness (QED) is 0.0828. The Morgan fingerprint density at radius 2 is 0.616 bits per heavy atom. The van der Waals surface area contributed by atoms with E-state index < -0.39 is 32.3 Å². The number of benzene rings is 5. The summed E-state index contributed by atoms with van der Waals surface area (Å²) in [6.45, 7) is 73.0. The van der Waals surface area contributed by atoms with E-state index in [0.717, 1.165) is 13.0 Å². The van der Waals surface area contributed by atoms with Gasteiger partial charge in [0.2, 0.25) is 0 Å². The molecule has 2 unspecified atom stereocenters. The number of carbonyl (C=O) groups excluding carboxylic acids is 1. The molecule has 0 radical (unpaired) electrons. The second kappa shape index (κ2) is 29.9. The molecule has 0 bridgehead atoms. The van der Waals surface area contributed by atoms with Crippen LogP contribution in [0.1, 0.15) is 145 Å². The van der Waals surface area contributed by atoms with Gasteiger partial charge < -0.3 is 9.47 Å². The summed E-state index contributed by atoms with van der Waals surface area (Å²) in [5, 5.41) is 6.79. The molecule has 13 rings (SSSR count). The zero-order valence-corrected chi connectivity index (χ0v) is 82.0. The van der Waals surface area contributed by atoms with Gasteiger partial charge in [0.25, 0.3) is 0 Å². The summed E-state index contributed by atoms with van der Waals surface area (Å²) in [4.78, 5) is 37.1. The van der Waals surface area contributed by atoms with Crippen LogP contribution in [-0.4, -0.2) is 91.2 Å².